The Bertz CT molecular complexity index is 4800. The van der Waals surface area contributed by atoms with Gasteiger partial charge in [0.25, 0.3) is 12.4 Å². The van der Waals surface area contributed by atoms with E-state index >= 15 is 0 Å². The Labute approximate surface area is 792 Å². The normalized spacial score (nSPS) is 9.21. The Morgan fingerprint density at radius 3 is 0.824 bits per heavy atom. The van der Waals surface area contributed by atoms with Crippen LogP contribution in [0.1, 0.15) is 124 Å². The first-order chi connectivity index (χ1) is 64.3. The monoisotopic (exact) mass is 1880 g/mol. The number of ketones is 1. The first-order valence-corrected chi connectivity index (χ1v) is 40.7. The first kappa shape index (κ1) is 124. The lowest BCUT2D eigenvalue weighted by Crippen LogP contribution is -2.16. The van der Waals surface area contributed by atoms with E-state index in [0.29, 0.717) is 46.0 Å². The summed E-state index contributed by atoms with van der Waals surface area (Å²) < 4.78 is 61.1. The maximum Gasteiger partial charge on any atom is 0.338 e. The molecule has 0 aliphatic heterocycles. The van der Waals surface area contributed by atoms with Crippen molar-refractivity contribution in [3.05, 3.63) is 327 Å². The molecule has 0 atom stereocenters. The number of Topliss-reactive ketones (excluding diaryl/α,β-unsaturated/α-hetero) is 1. The third kappa shape index (κ3) is 66.2. The second-order valence-corrected chi connectivity index (χ2v) is 27.5. The van der Waals surface area contributed by atoms with Crippen LogP contribution in [0.3, 0.4) is 0 Å². The molecule has 0 saturated carbocycles. The number of allylic oxidation sites excluding steroid dienone is 2. The number of ether oxygens (including phenoxy) is 13. The van der Waals surface area contributed by atoms with Gasteiger partial charge in [-0.15, -0.1) is 6.58 Å². The van der Waals surface area contributed by atoms with Gasteiger partial charge in [-0.05, 0) is 150 Å². The molecule has 8 aromatic rings. The molecule has 0 radical (unpaired) electrons. The lowest BCUT2D eigenvalue weighted by atomic mass is 9.95. The molecule has 0 aliphatic rings. The summed E-state index contributed by atoms with van der Waals surface area (Å²) in [5, 5.41) is 15.3. The van der Waals surface area contributed by atoms with E-state index in [2.05, 4.69) is 193 Å². The molecule has 136 heavy (non-hydrogen) atoms. The highest BCUT2D eigenvalue weighted by molar-refractivity contribution is 6.03. The van der Waals surface area contributed by atoms with Crippen molar-refractivity contribution >= 4 is 89.9 Å². The average molecular weight is 1880 g/mol. The van der Waals surface area contributed by atoms with E-state index < -0.39 is 84.4 Å². The predicted molar refractivity (Wildman–Crippen MR) is 509 cm³/mol. The number of rotatable bonds is 33. The average Bonchev–Trinajstić information content (AvgIpc) is 0.798. The topological polar surface area (TPSA) is 435 Å². The standard InChI is InChI=1S/C26H26O8.C20H18O4.2C12H10.C8H12O4.2C7H10O4.C4H8O4.C4H8.2C2H4O2/c1-17(2)23(27)31-13-15-33-25(29)21-11-7-5-9-19(21)20-10-6-8-12-22(20)26(30)34-16-14-32-24(28)18(3)4;1-13(2)19(21)23-17-9-5-15(6-10-17)16-7-11-18(12-8-16)24-20(22)14(3)4;2*1-3-7-11(8-4-1)12-9-5-2-6-10-12;1-6(2)12-8(10)4-5-11-7(3)9;2*1-5(2)7(9)11-4-10-6(3)8;1-4(6)2-7-8-3-5;1-4(2)3;1-4-2-3;1-2(3)4/h5-12H,1,3,13-16H2,2,4H3;5-12H,1,3H2,2,4H3;2*1-10H;1,4-5H2,2-3H3;2*1,4H2,2-3H3;5H,2-3H2,1H3;1H2,2-3H3;2H,1H3;1H3,(H,3,4). The van der Waals surface area contributed by atoms with Crippen molar-refractivity contribution in [2.45, 2.75) is 103 Å². The van der Waals surface area contributed by atoms with Crippen molar-refractivity contribution in [3.8, 4) is 56.0 Å². The van der Waals surface area contributed by atoms with E-state index in [1.165, 1.54) is 90.3 Å². The van der Waals surface area contributed by atoms with Gasteiger partial charge in [0.1, 0.15) is 51.1 Å². The summed E-state index contributed by atoms with van der Waals surface area (Å²) in [7, 11) is 1.31. The summed E-state index contributed by atoms with van der Waals surface area (Å²) in [6.45, 7) is 47.2. The van der Waals surface area contributed by atoms with Crippen molar-refractivity contribution in [2.75, 3.05) is 67.1 Å². The minimum Gasteiger partial charge on any atom is -0.481 e. The summed E-state index contributed by atoms with van der Waals surface area (Å²) in [6.07, 6.45) is 0.0619. The number of aliphatic hydroxyl groups excluding tert-OH is 1. The highest BCUT2D eigenvalue weighted by atomic mass is 17.2. The van der Waals surface area contributed by atoms with Crippen molar-refractivity contribution in [1.29, 1.82) is 0 Å². The van der Waals surface area contributed by atoms with Crippen molar-refractivity contribution in [3.63, 3.8) is 0 Å². The summed E-state index contributed by atoms with van der Waals surface area (Å²) in [6, 6.07) is 69.1. The maximum atomic E-state index is 12.7. The van der Waals surface area contributed by atoms with Gasteiger partial charge in [0.05, 0.1) is 30.4 Å². The summed E-state index contributed by atoms with van der Waals surface area (Å²) in [4.78, 5) is 170. The van der Waals surface area contributed by atoms with E-state index in [1.807, 2.05) is 62.4 Å². The molecule has 32 heteroatoms. The Kier molecular flexibility index (Phi) is 68.8. The fourth-order valence-corrected chi connectivity index (χ4v) is 8.34. The van der Waals surface area contributed by atoms with Crippen LogP contribution in [0.5, 0.6) is 11.5 Å². The highest BCUT2D eigenvalue weighted by Crippen LogP contribution is 2.30. The number of benzene rings is 8. The molecule has 8 rings (SSSR count). The number of aliphatic carboxylic acids is 1. The van der Waals surface area contributed by atoms with Crippen LogP contribution in [0, 0.1) is 0 Å². The number of hydrogen-bond donors (Lipinski definition) is 2. The van der Waals surface area contributed by atoms with Gasteiger partial charge in [-0.3, -0.25) is 33.6 Å². The van der Waals surface area contributed by atoms with Gasteiger partial charge in [0.15, 0.2) is 12.6 Å². The third-order valence-corrected chi connectivity index (χ3v) is 14.3. The van der Waals surface area contributed by atoms with E-state index in [-0.39, 0.29) is 98.9 Å². The van der Waals surface area contributed by atoms with Gasteiger partial charge < -0.3 is 71.8 Å². The fourth-order valence-electron chi connectivity index (χ4n) is 8.34. The number of methoxy groups -OCH3 is 1. The van der Waals surface area contributed by atoms with Gasteiger partial charge in [0, 0.05) is 61.1 Å². The molecule has 0 bridgehead atoms. The van der Waals surface area contributed by atoms with Crippen molar-refractivity contribution in [1.82, 2.24) is 0 Å². The zero-order valence-electron chi connectivity index (χ0n) is 79.2. The van der Waals surface area contributed by atoms with Crippen LogP contribution in [0.2, 0.25) is 0 Å². The summed E-state index contributed by atoms with van der Waals surface area (Å²) in [5.41, 5.74) is 11.3. The van der Waals surface area contributed by atoms with Gasteiger partial charge >= 0.3 is 71.6 Å². The lowest BCUT2D eigenvalue weighted by molar-refractivity contribution is -0.322. The Balaban J connectivity index is -0.00000153. The van der Waals surface area contributed by atoms with E-state index in [4.69, 9.17) is 48.2 Å². The Hall–Kier alpha value is -16.2. The number of carboxylic acids is 1. The Morgan fingerprint density at radius 1 is 0.316 bits per heavy atom. The molecule has 0 spiro atoms. The van der Waals surface area contributed by atoms with Crippen LogP contribution in [0.4, 0.5) is 0 Å². The molecular formula is C104H120O32. The zero-order chi connectivity index (χ0) is 103. The van der Waals surface area contributed by atoms with Crippen LogP contribution in [-0.2, 0) is 124 Å². The largest absolute Gasteiger partial charge is 0.481 e. The molecule has 8 aromatic carbocycles. The smallest absolute Gasteiger partial charge is 0.338 e. The van der Waals surface area contributed by atoms with Crippen LogP contribution in [0.25, 0.3) is 44.5 Å². The van der Waals surface area contributed by atoms with Crippen LogP contribution >= 0.6 is 0 Å². The Morgan fingerprint density at radius 2 is 0.574 bits per heavy atom. The first-order valence-electron chi connectivity index (χ1n) is 40.7. The maximum absolute atomic E-state index is 12.7. The van der Waals surface area contributed by atoms with Crippen LogP contribution in [0.15, 0.2) is 316 Å². The third-order valence-electron chi connectivity index (χ3n) is 14.3. The highest BCUT2D eigenvalue weighted by Gasteiger charge is 2.21. The molecule has 728 valence electrons. The minimum atomic E-state index is -0.833. The number of aliphatic hydroxyl groups is 1. The zero-order valence-corrected chi connectivity index (χ0v) is 79.2. The van der Waals surface area contributed by atoms with Gasteiger partial charge in [0.2, 0.25) is 13.6 Å². The number of carboxylic acid groups (broad SMARTS) is 1. The molecular weight excluding hydrogens is 1760 g/mol. The van der Waals surface area contributed by atoms with Crippen molar-refractivity contribution < 1.29 is 153 Å². The summed E-state index contributed by atoms with van der Waals surface area (Å²) in [5.74, 6) is -6.00. The van der Waals surface area contributed by atoms with Gasteiger partial charge in [-0.2, -0.15) is 0 Å². The molecule has 0 saturated heterocycles. The van der Waals surface area contributed by atoms with E-state index in [1.54, 1.807) is 93.6 Å². The number of hydrogen-bond acceptors (Lipinski definition) is 31. The quantitative estimate of drug-likeness (QED) is 0.00330. The van der Waals surface area contributed by atoms with Crippen molar-refractivity contribution in [2.24, 2.45) is 0 Å². The molecule has 0 fully saturated rings. The molecule has 0 unspecified atom stereocenters. The van der Waals surface area contributed by atoms with E-state index in [9.17, 15) is 62.3 Å². The second-order valence-electron chi connectivity index (χ2n) is 27.5. The van der Waals surface area contributed by atoms with E-state index in [0.717, 1.165) is 18.1 Å². The molecule has 32 nitrogen and oxygen atoms in total. The SMILES string of the molecule is C=C(C)C.C=C(C)C(=O)OCCOC(=O)c1ccccc1-c1ccccc1C(=O)OCCOC(=O)C(=C)C.C=C(C)C(=O)OCOC(C)=O.C=C(C)C(=O)OCOC(C)=O.C=C(C)C(=O)Oc1ccc(-c2ccc(OC(=O)C(=C)C)cc2)cc1.C=C(C)OC(=O)CCOC(C)=O.CC(=O)COOCO.CC(=O)O.COC=O.c1ccc(-c2ccccc2)cc1.c1ccc(-c2ccccc2)cc1. The molecule has 0 aliphatic carbocycles. The number of carbonyl (C=O) groups is 15. The minimum absolute atomic E-state index is 0.0570. The van der Waals surface area contributed by atoms with Crippen LogP contribution in [-0.4, -0.2) is 167 Å². The second kappa shape index (κ2) is 75.5. The van der Waals surface area contributed by atoms with Crippen LogP contribution < -0.4 is 9.47 Å². The molecule has 2 N–H and O–H groups in total. The number of carbonyl (C=O) groups excluding carboxylic acids is 14. The van der Waals surface area contributed by atoms with Gasteiger partial charge in [-0.1, -0.05) is 234 Å². The molecule has 0 heterocycles. The summed E-state index contributed by atoms with van der Waals surface area (Å²) >= 11 is 0. The lowest BCUT2D eigenvalue weighted by Gasteiger charge is -2.13. The molecule has 0 aromatic heterocycles. The number of esters is 12. The predicted octanol–water partition coefficient (Wildman–Crippen LogP) is 18.1. The fraction of sp³-hybridized carbons (Fsp3) is 0.240. The molecule has 0 amide bonds. The van der Waals surface area contributed by atoms with Gasteiger partial charge in [-0.25, -0.2) is 48.1 Å².